The number of rotatable bonds is 7. The standard InChI is InChI=1S/C15H25N3O/c1-12(2)8-9-18(3)11-14-6-4-13(5-7-14)10-15(19)17-16/h4-7,12H,8-11,16H2,1-3H3,(H,17,19). The maximum Gasteiger partial charge on any atom is 0.238 e. The summed E-state index contributed by atoms with van der Waals surface area (Å²) >= 11 is 0. The second kappa shape index (κ2) is 7.92. The Morgan fingerprint density at radius 3 is 2.37 bits per heavy atom. The van der Waals surface area contributed by atoms with Crippen molar-refractivity contribution in [3.8, 4) is 0 Å². The molecule has 0 aliphatic heterocycles. The molecule has 3 N–H and O–H groups in total. The number of carbonyl (C=O) groups excluding carboxylic acids is 1. The van der Waals surface area contributed by atoms with Crippen LogP contribution < -0.4 is 11.3 Å². The number of benzene rings is 1. The van der Waals surface area contributed by atoms with Crippen LogP contribution in [0.5, 0.6) is 0 Å². The van der Waals surface area contributed by atoms with Crippen LogP contribution in [0, 0.1) is 5.92 Å². The van der Waals surface area contributed by atoms with Crippen molar-refractivity contribution in [2.24, 2.45) is 11.8 Å². The average Bonchev–Trinajstić information content (AvgIpc) is 2.38. The van der Waals surface area contributed by atoms with Gasteiger partial charge in [0.05, 0.1) is 6.42 Å². The van der Waals surface area contributed by atoms with Crippen LogP contribution in [0.1, 0.15) is 31.4 Å². The van der Waals surface area contributed by atoms with Crippen LogP contribution in [0.25, 0.3) is 0 Å². The number of hydrazine groups is 1. The zero-order valence-corrected chi connectivity index (χ0v) is 12.1. The molecule has 0 unspecified atom stereocenters. The van der Waals surface area contributed by atoms with Crippen LogP contribution in [-0.4, -0.2) is 24.4 Å². The minimum atomic E-state index is -0.165. The topological polar surface area (TPSA) is 58.4 Å². The highest BCUT2D eigenvalue weighted by atomic mass is 16.2. The van der Waals surface area contributed by atoms with Crippen molar-refractivity contribution in [1.29, 1.82) is 0 Å². The van der Waals surface area contributed by atoms with Crippen molar-refractivity contribution in [2.75, 3.05) is 13.6 Å². The summed E-state index contributed by atoms with van der Waals surface area (Å²) in [5.41, 5.74) is 4.39. The van der Waals surface area contributed by atoms with Gasteiger partial charge in [-0.1, -0.05) is 38.1 Å². The Bertz CT molecular complexity index is 387. The third kappa shape index (κ3) is 6.36. The number of nitrogens with one attached hydrogen (secondary N) is 1. The van der Waals surface area contributed by atoms with E-state index in [1.807, 2.05) is 12.1 Å². The van der Waals surface area contributed by atoms with Gasteiger partial charge in [-0.2, -0.15) is 0 Å². The van der Waals surface area contributed by atoms with Crippen LogP contribution in [0.3, 0.4) is 0 Å². The van der Waals surface area contributed by atoms with E-state index in [4.69, 9.17) is 5.84 Å². The highest BCUT2D eigenvalue weighted by molar-refractivity contribution is 5.77. The third-order valence-electron chi connectivity index (χ3n) is 3.09. The summed E-state index contributed by atoms with van der Waals surface area (Å²) in [5.74, 6) is 5.64. The number of hydrogen-bond acceptors (Lipinski definition) is 3. The smallest absolute Gasteiger partial charge is 0.238 e. The molecule has 0 saturated heterocycles. The van der Waals surface area contributed by atoms with Crippen LogP contribution in [0.4, 0.5) is 0 Å². The summed E-state index contributed by atoms with van der Waals surface area (Å²) in [4.78, 5) is 13.5. The summed E-state index contributed by atoms with van der Waals surface area (Å²) in [6.07, 6.45) is 1.55. The highest BCUT2D eigenvalue weighted by Crippen LogP contribution is 2.09. The van der Waals surface area contributed by atoms with Gasteiger partial charge >= 0.3 is 0 Å². The van der Waals surface area contributed by atoms with Crippen LogP contribution in [0.2, 0.25) is 0 Å². The Morgan fingerprint density at radius 2 is 1.84 bits per heavy atom. The molecule has 0 fully saturated rings. The number of amides is 1. The van der Waals surface area contributed by atoms with Crippen molar-refractivity contribution in [2.45, 2.75) is 33.2 Å². The molecule has 1 aromatic rings. The Balaban J connectivity index is 2.45. The van der Waals surface area contributed by atoms with Crippen molar-refractivity contribution in [3.63, 3.8) is 0 Å². The molecule has 0 aliphatic carbocycles. The van der Waals surface area contributed by atoms with E-state index in [0.29, 0.717) is 6.42 Å². The van der Waals surface area contributed by atoms with Gasteiger partial charge in [-0.05, 0) is 37.1 Å². The van der Waals surface area contributed by atoms with Gasteiger partial charge in [0, 0.05) is 6.54 Å². The first-order valence-corrected chi connectivity index (χ1v) is 6.77. The number of hydrogen-bond donors (Lipinski definition) is 2. The quantitative estimate of drug-likeness (QED) is 0.447. The highest BCUT2D eigenvalue weighted by Gasteiger charge is 2.04. The third-order valence-corrected chi connectivity index (χ3v) is 3.09. The summed E-state index contributed by atoms with van der Waals surface area (Å²) in [5, 5.41) is 0. The summed E-state index contributed by atoms with van der Waals surface area (Å²) in [6, 6.07) is 8.12. The molecule has 1 aromatic carbocycles. The van der Waals surface area contributed by atoms with Gasteiger partial charge in [-0.3, -0.25) is 10.2 Å². The van der Waals surface area contributed by atoms with Gasteiger partial charge in [0.2, 0.25) is 5.91 Å². The second-order valence-corrected chi connectivity index (χ2v) is 5.48. The summed E-state index contributed by atoms with van der Waals surface area (Å²) < 4.78 is 0. The maximum atomic E-state index is 11.1. The monoisotopic (exact) mass is 263 g/mol. The number of carbonyl (C=O) groups is 1. The first kappa shape index (κ1) is 15.7. The van der Waals surface area contributed by atoms with E-state index >= 15 is 0 Å². The average molecular weight is 263 g/mol. The molecule has 1 amide bonds. The fourth-order valence-corrected chi connectivity index (χ4v) is 1.87. The van der Waals surface area contributed by atoms with E-state index in [1.54, 1.807) is 0 Å². The van der Waals surface area contributed by atoms with Crippen molar-refractivity contribution in [1.82, 2.24) is 10.3 Å². The van der Waals surface area contributed by atoms with Crippen LogP contribution in [0.15, 0.2) is 24.3 Å². The molecular weight excluding hydrogens is 238 g/mol. The molecule has 106 valence electrons. The van der Waals surface area contributed by atoms with Gasteiger partial charge in [0.15, 0.2) is 0 Å². The normalized spacial score (nSPS) is 11.1. The second-order valence-electron chi connectivity index (χ2n) is 5.48. The van der Waals surface area contributed by atoms with Gasteiger partial charge in [-0.15, -0.1) is 0 Å². The van der Waals surface area contributed by atoms with Crippen LogP contribution in [-0.2, 0) is 17.8 Å². The number of nitrogens with zero attached hydrogens (tertiary/aromatic N) is 1. The molecule has 0 heterocycles. The zero-order chi connectivity index (χ0) is 14.3. The Hall–Kier alpha value is -1.39. The van der Waals surface area contributed by atoms with E-state index in [1.165, 1.54) is 12.0 Å². The lowest BCUT2D eigenvalue weighted by molar-refractivity contribution is -0.120. The van der Waals surface area contributed by atoms with Crippen LogP contribution >= 0.6 is 0 Å². The predicted molar refractivity (Wildman–Crippen MR) is 78.3 cm³/mol. The van der Waals surface area contributed by atoms with Gasteiger partial charge < -0.3 is 4.90 Å². The lowest BCUT2D eigenvalue weighted by Crippen LogP contribution is -2.31. The molecule has 0 aliphatic rings. The lowest BCUT2D eigenvalue weighted by Gasteiger charge is -2.18. The zero-order valence-electron chi connectivity index (χ0n) is 12.1. The fraction of sp³-hybridized carbons (Fsp3) is 0.533. The first-order chi connectivity index (χ1) is 9.01. The molecule has 19 heavy (non-hydrogen) atoms. The molecule has 4 heteroatoms. The molecule has 4 nitrogen and oxygen atoms in total. The predicted octanol–water partition coefficient (Wildman–Crippen LogP) is 1.70. The van der Waals surface area contributed by atoms with E-state index in [0.717, 1.165) is 24.6 Å². The Labute approximate surface area is 115 Å². The molecule has 1 rings (SSSR count). The van der Waals surface area contributed by atoms with Gasteiger partial charge in [-0.25, -0.2) is 5.84 Å². The molecule has 0 aromatic heterocycles. The van der Waals surface area contributed by atoms with E-state index in [9.17, 15) is 4.79 Å². The largest absolute Gasteiger partial charge is 0.302 e. The summed E-state index contributed by atoms with van der Waals surface area (Å²) in [6.45, 7) is 6.53. The van der Waals surface area contributed by atoms with Gasteiger partial charge in [0.1, 0.15) is 0 Å². The minimum absolute atomic E-state index is 0.165. The molecule has 0 bridgehead atoms. The minimum Gasteiger partial charge on any atom is -0.302 e. The first-order valence-electron chi connectivity index (χ1n) is 6.77. The van der Waals surface area contributed by atoms with Crippen molar-refractivity contribution in [3.05, 3.63) is 35.4 Å². The van der Waals surface area contributed by atoms with E-state index < -0.39 is 0 Å². The number of nitrogens with two attached hydrogens (primary N) is 1. The SMILES string of the molecule is CC(C)CCN(C)Cc1ccc(CC(=O)NN)cc1. The van der Waals surface area contributed by atoms with E-state index in [-0.39, 0.29) is 5.91 Å². The lowest BCUT2D eigenvalue weighted by atomic mass is 10.1. The van der Waals surface area contributed by atoms with Crippen molar-refractivity contribution >= 4 is 5.91 Å². The molecule has 0 atom stereocenters. The molecule has 0 saturated carbocycles. The summed E-state index contributed by atoms with van der Waals surface area (Å²) in [7, 11) is 2.14. The van der Waals surface area contributed by atoms with E-state index in [2.05, 4.69) is 43.4 Å². The fourth-order valence-electron chi connectivity index (χ4n) is 1.87. The molecule has 0 spiro atoms. The Morgan fingerprint density at radius 1 is 1.26 bits per heavy atom. The maximum absolute atomic E-state index is 11.1. The van der Waals surface area contributed by atoms with Crippen molar-refractivity contribution < 1.29 is 4.79 Å². The molecular formula is C15H25N3O. The molecule has 0 radical (unpaired) electrons. The van der Waals surface area contributed by atoms with Gasteiger partial charge in [0.25, 0.3) is 0 Å². The Kier molecular flexibility index (Phi) is 6.53.